The predicted molar refractivity (Wildman–Crippen MR) is 130 cm³/mol. The van der Waals surface area contributed by atoms with E-state index in [1.54, 1.807) is 23.1 Å². The Hall–Kier alpha value is -4.14. The molecule has 2 aromatic carbocycles. The fourth-order valence-electron chi connectivity index (χ4n) is 4.19. The van der Waals surface area contributed by atoms with Crippen LogP contribution in [-0.4, -0.2) is 39.6 Å². The number of likely N-dealkylation sites (tertiary alicyclic amines) is 1. The van der Waals surface area contributed by atoms with Gasteiger partial charge in [0.2, 0.25) is 5.91 Å². The van der Waals surface area contributed by atoms with E-state index in [1.807, 2.05) is 43.3 Å². The molecule has 0 saturated carbocycles. The van der Waals surface area contributed by atoms with Crippen molar-refractivity contribution in [2.75, 3.05) is 17.2 Å². The quantitative estimate of drug-likeness (QED) is 0.438. The minimum Gasteiger partial charge on any atom is -0.481 e. The Labute approximate surface area is 203 Å². The van der Waals surface area contributed by atoms with E-state index in [1.165, 1.54) is 0 Å². The van der Waals surface area contributed by atoms with Gasteiger partial charge in [0.25, 0.3) is 0 Å². The Balaban J connectivity index is 1.32. The highest BCUT2D eigenvalue weighted by Gasteiger charge is 2.32. The Morgan fingerprint density at radius 1 is 1.11 bits per heavy atom. The molecular weight excluding hydrogens is 448 g/mol. The SMILES string of the molecule is Cc1ccccc1NC(=O)Nc1ccc(CC(=O)N2CCCC2c2cc(CCC(=O)O)on2)cc1. The number of carbonyl (C=O) groups is 3. The summed E-state index contributed by atoms with van der Waals surface area (Å²) in [5.41, 5.74) is 3.85. The third-order valence-corrected chi connectivity index (χ3v) is 6.04. The molecule has 9 heteroatoms. The summed E-state index contributed by atoms with van der Waals surface area (Å²) in [5.74, 6) is -0.398. The number of hydrogen-bond acceptors (Lipinski definition) is 5. The monoisotopic (exact) mass is 476 g/mol. The van der Waals surface area contributed by atoms with Gasteiger partial charge in [-0.25, -0.2) is 4.79 Å². The van der Waals surface area contributed by atoms with Crippen LogP contribution in [0.5, 0.6) is 0 Å². The van der Waals surface area contributed by atoms with Crippen molar-refractivity contribution in [1.82, 2.24) is 10.1 Å². The number of carbonyl (C=O) groups excluding carboxylic acids is 2. The van der Waals surface area contributed by atoms with E-state index in [9.17, 15) is 14.4 Å². The molecule has 0 radical (unpaired) electrons. The minimum absolute atomic E-state index is 0.0133. The Kier molecular flexibility index (Phi) is 7.45. The number of anilines is 2. The molecule has 0 spiro atoms. The van der Waals surface area contributed by atoms with Gasteiger partial charge in [-0.15, -0.1) is 0 Å². The molecule has 0 aliphatic carbocycles. The number of amides is 3. The molecule has 182 valence electrons. The molecule has 35 heavy (non-hydrogen) atoms. The van der Waals surface area contributed by atoms with Crippen molar-refractivity contribution < 1.29 is 24.0 Å². The molecule has 0 bridgehead atoms. The van der Waals surface area contributed by atoms with Crippen LogP contribution in [0, 0.1) is 6.92 Å². The summed E-state index contributed by atoms with van der Waals surface area (Å²) in [6.07, 6.45) is 2.13. The maximum Gasteiger partial charge on any atom is 0.323 e. The second kappa shape index (κ2) is 10.9. The van der Waals surface area contributed by atoms with Crippen LogP contribution in [0.1, 0.15) is 47.9 Å². The number of urea groups is 1. The summed E-state index contributed by atoms with van der Waals surface area (Å²) >= 11 is 0. The van der Waals surface area contributed by atoms with Crippen LogP contribution >= 0.6 is 0 Å². The number of aromatic nitrogens is 1. The topological polar surface area (TPSA) is 125 Å². The molecule has 4 rings (SSSR count). The largest absolute Gasteiger partial charge is 0.481 e. The first-order valence-electron chi connectivity index (χ1n) is 11.6. The minimum atomic E-state index is -0.895. The number of aryl methyl sites for hydroxylation is 2. The second-order valence-corrected chi connectivity index (χ2v) is 8.62. The van der Waals surface area contributed by atoms with Crippen molar-refractivity contribution in [2.45, 2.75) is 45.1 Å². The van der Waals surface area contributed by atoms with Crippen LogP contribution in [0.15, 0.2) is 59.1 Å². The molecule has 1 aromatic heterocycles. The number of benzene rings is 2. The normalized spacial score (nSPS) is 15.1. The Morgan fingerprint density at radius 2 is 1.89 bits per heavy atom. The van der Waals surface area contributed by atoms with Crippen LogP contribution < -0.4 is 10.6 Å². The highest BCUT2D eigenvalue weighted by Crippen LogP contribution is 2.32. The van der Waals surface area contributed by atoms with Gasteiger partial charge in [0.15, 0.2) is 0 Å². The summed E-state index contributed by atoms with van der Waals surface area (Å²) in [6, 6.07) is 16.0. The van der Waals surface area contributed by atoms with Gasteiger partial charge < -0.3 is 25.2 Å². The molecule has 1 aliphatic rings. The first-order valence-corrected chi connectivity index (χ1v) is 11.6. The molecule has 3 N–H and O–H groups in total. The van der Waals surface area contributed by atoms with Crippen LogP contribution in [0.2, 0.25) is 0 Å². The van der Waals surface area contributed by atoms with Gasteiger partial charge in [0.1, 0.15) is 11.5 Å². The zero-order chi connectivity index (χ0) is 24.8. The first kappa shape index (κ1) is 24.0. The van der Waals surface area contributed by atoms with E-state index in [0.29, 0.717) is 23.7 Å². The molecule has 3 aromatic rings. The predicted octanol–water partition coefficient (Wildman–Crippen LogP) is 4.55. The van der Waals surface area contributed by atoms with E-state index >= 15 is 0 Å². The van der Waals surface area contributed by atoms with Gasteiger partial charge in [0.05, 0.1) is 18.9 Å². The standard InChI is InChI=1S/C26H28N4O5/c1-17-5-2-3-6-21(17)28-26(34)27-19-10-8-18(9-11-19)15-24(31)30-14-4-7-23(30)22-16-20(35-29-22)12-13-25(32)33/h2-3,5-6,8-11,16,23H,4,7,12-15H2,1H3,(H,32,33)(H2,27,28,34). The lowest BCUT2D eigenvalue weighted by atomic mass is 10.1. The molecule has 1 fully saturated rings. The van der Waals surface area contributed by atoms with Crippen molar-refractivity contribution in [3.8, 4) is 0 Å². The average Bonchev–Trinajstić information content (AvgIpc) is 3.50. The van der Waals surface area contributed by atoms with Crippen molar-refractivity contribution in [3.63, 3.8) is 0 Å². The van der Waals surface area contributed by atoms with Crippen LogP contribution in [-0.2, 0) is 22.4 Å². The lowest BCUT2D eigenvalue weighted by molar-refractivity contribution is -0.137. The zero-order valence-corrected chi connectivity index (χ0v) is 19.5. The van der Waals surface area contributed by atoms with Crippen molar-refractivity contribution >= 4 is 29.3 Å². The van der Waals surface area contributed by atoms with Crippen LogP contribution in [0.25, 0.3) is 0 Å². The summed E-state index contributed by atoms with van der Waals surface area (Å²) in [4.78, 5) is 37.9. The number of nitrogens with one attached hydrogen (secondary N) is 2. The molecule has 1 saturated heterocycles. The molecular formula is C26H28N4O5. The highest BCUT2D eigenvalue weighted by molar-refractivity contribution is 6.00. The third kappa shape index (κ3) is 6.26. The number of hydrogen-bond donors (Lipinski definition) is 3. The van der Waals surface area contributed by atoms with Crippen LogP contribution in [0.4, 0.5) is 16.2 Å². The Bertz CT molecular complexity index is 1200. The summed E-state index contributed by atoms with van der Waals surface area (Å²) < 4.78 is 5.27. The van der Waals surface area contributed by atoms with E-state index in [2.05, 4.69) is 15.8 Å². The number of carboxylic acids is 1. The van der Waals surface area contributed by atoms with Crippen LogP contribution in [0.3, 0.4) is 0 Å². The second-order valence-electron chi connectivity index (χ2n) is 8.62. The number of para-hydroxylation sites is 1. The number of carboxylic acid groups (broad SMARTS) is 1. The van der Waals surface area contributed by atoms with Gasteiger partial charge in [0, 0.05) is 30.4 Å². The molecule has 1 aliphatic heterocycles. The number of rotatable bonds is 8. The Morgan fingerprint density at radius 3 is 2.63 bits per heavy atom. The lowest BCUT2D eigenvalue weighted by Crippen LogP contribution is -2.32. The summed E-state index contributed by atoms with van der Waals surface area (Å²) in [5, 5.41) is 18.5. The average molecular weight is 477 g/mol. The fraction of sp³-hybridized carbons (Fsp3) is 0.308. The van der Waals surface area contributed by atoms with Crippen molar-refractivity contribution in [3.05, 3.63) is 77.2 Å². The summed E-state index contributed by atoms with van der Waals surface area (Å²) in [7, 11) is 0. The number of aliphatic carboxylic acids is 1. The van der Waals surface area contributed by atoms with Gasteiger partial charge in [-0.1, -0.05) is 35.5 Å². The maximum absolute atomic E-state index is 13.0. The van der Waals surface area contributed by atoms with Crippen molar-refractivity contribution in [1.29, 1.82) is 0 Å². The summed E-state index contributed by atoms with van der Waals surface area (Å²) in [6.45, 7) is 2.56. The van der Waals surface area contributed by atoms with Gasteiger partial charge in [-0.05, 0) is 49.1 Å². The smallest absolute Gasteiger partial charge is 0.323 e. The molecule has 1 unspecified atom stereocenters. The van der Waals surface area contributed by atoms with Gasteiger partial charge in [-0.3, -0.25) is 9.59 Å². The van der Waals surface area contributed by atoms with Crippen molar-refractivity contribution in [2.24, 2.45) is 0 Å². The first-order chi connectivity index (χ1) is 16.9. The fourth-order valence-corrected chi connectivity index (χ4v) is 4.19. The molecule has 1 atom stereocenters. The van der Waals surface area contributed by atoms with E-state index in [-0.39, 0.29) is 37.2 Å². The molecule has 3 amide bonds. The third-order valence-electron chi connectivity index (χ3n) is 6.04. The highest BCUT2D eigenvalue weighted by atomic mass is 16.5. The van der Waals surface area contributed by atoms with E-state index < -0.39 is 5.97 Å². The van der Waals surface area contributed by atoms with Gasteiger partial charge in [-0.2, -0.15) is 0 Å². The zero-order valence-electron chi connectivity index (χ0n) is 19.5. The maximum atomic E-state index is 13.0. The van der Waals surface area contributed by atoms with E-state index in [0.717, 1.165) is 29.7 Å². The molecule has 2 heterocycles. The van der Waals surface area contributed by atoms with Gasteiger partial charge >= 0.3 is 12.0 Å². The van der Waals surface area contributed by atoms with E-state index in [4.69, 9.17) is 9.63 Å². The lowest BCUT2D eigenvalue weighted by Gasteiger charge is -2.23. The molecule has 9 nitrogen and oxygen atoms in total. The number of nitrogens with zero attached hydrogens (tertiary/aromatic N) is 2.